The molecule has 0 amide bonds. The molecule has 1 aliphatic heterocycles. The third-order valence-electron chi connectivity index (χ3n) is 3.32. The van der Waals surface area contributed by atoms with Crippen LogP contribution in [0.4, 0.5) is 5.69 Å². The van der Waals surface area contributed by atoms with Crippen LogP contribution in [0.5, 0.6) is 0 Å². The average molecular weight is 245 g/mol. The second kappa shape index (κ2) is 6.39. The maximum absolute atomic E-state index is 9.04. The Morgan fingerprint density at radius 2 is 2.17 bits per heavy atom. The molecule has 1 aromatic rings. The summed E-state index contributed by atoms with van der Waals surface area (Å²) in [6.07, 6.45) is 1.88. The van der Waals surface area contributed by atoms with Crippen molar-refractivity contribution in [3.63, 3.8) is 0 Å². The Labute approximate surface area is 108 Å². The molecule has 0 radical (unpaired) electrons. The summed E-state index contributed by atoms with van der Waals surface area (Å²) in [4.78, 5) is 2.32. The van der Waals surface area contributed by atoms with Crippen molar-refractivity contribution >= 4 is 5.69 Å². The lowest BCUT2D eigenvalue weighted by Gasteiger charge is -2.26. The third kappa shape index (κ3) is 3.22. The van der Waals surface area contributed by atoms with E-state index in [0.29, 0.717) is 11.6 Å². The fourth-order valence-corrected chi connectivity index (χ4v) is 2.33. The smallest absolute Gasteiger partial charge is 0.0991 e. The van der Waals surface area contributed by atoms with Crippen molar-refractivity contribution in [3.8, 4) is 6.07 Å². The van der Waals surface area contributed by atoms with Crippen LogP contribution in [0.1, 0.15) is 18.4 Å². The number of rotatable bonds is 3. The molecule has 1 aliphatic rings. The summed E-state index contributed by atoms with van der Waals surface area (Å²) >= 11 is 0. The minimum absolute atomic E-state index is 0.221. The highest BCUT2D eigenvalue weighted by Gasteiger charge is 2.17. The predicted molar refractivity (Wildman–Crippen MR) is 71.5 cm³/mol. The molecule has 0 bridgehead atoms. The first-order chi connectivity index (χ1) is 8.83. The fourth-order valence-electron chi connectivity index (χ4n) is 2.33. The highest BCUT2D eigenvalue weighted by Crippen LogP contribution is 2.17. The molecule has 1 unspecified atom stereocenters. The van der Waals surface area contributed by atoms with Crippen LogP contribution >= 0.6 is 0 Å². The number of benzene rings is 1. The molecule has 4 heteroatoms. The number of nitrogens with zero attached hydrogens (tertiary/aromatic N) is 2. The summed E-state index contributed by atoms with van der Waals surface area (Å²) in [5.41, 5.74) is 1.85. The highest BCUT2D eigenvalue weighted by atomic mass is 16.3. The highest BCUT2D eigenvalue weighted by molar-refractivity contribution is 5.50. The van der Waals surface area contributed by atoms with Gasteiger partial charge in [-0.1, -0.05) is 0 Å². The Hall–Kier alpha value is -1.57. The molecule has 1 aromatic carbocycles. The normalized spacial score (nSPS) is 20.2. The third-order valence-corrected chi connectivity index (χ3v) is 3.32. The molecular weight excluding hydrogens is 226 g/mol. The van der Waals surface area contributed by atoms with Crippen molar-refractivity contribution in [2.45, 2.75) is 18.9 Å². The van der Waals surface area contributed by atoms with Gasteiger partial charge in [0.1, 0.15) is 0 Å². The molecule has 1 saturated heterocycles. The summed E-state index contributed by atoms with van der Waals surface area (Å²) in [5.74, 6) is 0. The zero-order valence-electron chi connectivity index (χ0n) is 10.5. The molecule has 0 aliphatic carbocycles. The first-order valence-corrected chi connectivity index (χ1v) is 6.43. The maximum atomic E-state index is 9.04. The zero-order chi connectivity index (χ0) is 12.8. The van der Waals surface area contributed by atoms with Gasteiger partial charge in [-0.05, 0) is 43.7 Å². The Balaban J connectivity index is 2.07. The number of aliphatic hydroxyl groups excluding tert-OH is 1. The molecule has 1 atom stereocenters. The van der Waals surface area contributed by atoms with E-state index in [9.17, 15) is 0 Å². The van der Waals surface area contributed by atoms with Gasteiger partial charge >= 0.3 is 0 Å². The molecule has 4 nitrogen and oxygen atoms in total. The zero-order valence-corrected chi connectivity index (χ0v) is 10.5. The van der Waals surface area contributed by atoms with E-state index in [2.05, 4.69) is 16.3 Å². The molecular formula is C14H19N3O. The quantitative estimate of drug-likeness (QED) is 0.837. The Kier molecular flexibility index (Phi) is 4.57. The van der Waals surface area contributed by atoms with Gasteiger partial charge in [-0.25, -0.2) is 0 Å². The van der Waals surface area contributed by atoms with Gasteiger partial charge in [0.15, 0.2) is 0 Å². The van der Waals surface area contributed by atoms with Gasteiger partial charge in [0, 0.05) is 31.4 Å². The standard InChI is InChI=1S/C14H19N3O/c15-10-12-2-4-14(5-3-12)17-8-1-7-16-13(11-17)6-9-18/h2-5,13,16,18H,1,6-9,11H2. The number of nitriles is 1. The van der Waals surface area contributed by atoms with E-state index < -0.39 is 0 Å². The molecule has 0 aromatic heterocycles. The van der Waals surface area contributed by atoms with E-state index in [-0.39, 0.29) is 6.61 Å². The van der Waals surface area contributed by atoms with Gasteiger partial charge in [0.25, 0.3) is 0 Å². The minimum atomic E-state index is 0.221. The first-order valence-electron chi connectivity index (χ1n) is 6.43. The predicted octanol–water partition coefficient (Wildman–Crippen LogP) is 1.11. The van der Waals surface area contributed by atoms with Gasteiger partial charge in [-0.15, -0.1) is 0 Å². The number of hydrogen-bond acceptors (Lipinski definition) is 4. The molecule has 2 rings (SSSR count). The summed E-state index contributed by atoms with van der Waals surface area (Å²) in [5, 5.41) is 21.3. The summed E-state index contributed by atoms with van der Waals surface area (Å²) in [7, 11) is 0. The van der Waals surface area contributed by atoms with Crippen LogP contribution in [0.15, 0.2) is 24.3 Å². The van der Waals surface area contributed by atoms with Crippen LogP contribution < -0.4 is 10.2 Å². The van der Waals surface area contributed by atoms with E-state index in [0.717, 1.165) is 38.2 Å². The van der Waals surface area contributed by atoms with Gasteiger partial charge in [0.2, 0.25) is 0 Å². The van der Waals surface area contributed by atoms with E-state index in [1.54, 1.807) is 0 Å². The van der Waals surface area contributed by atoms with Crippen molar-refractivity contribution in [1.82, 2.24) is 5.32 Å². The largest absolute Gasteiger partial charge is 0.396 e. The Bertz CT molecular complexity index is 410. The lowest BCUT2D eigenvalue weighted by molar-refractivity contribution is 0.267. The van der Waals surface area contributed by atoms with Gasteiger partial charge < -0.3 is 15.3 Å². The Morgan fingerprint density at radius 3 is 2.83 bits per heavy atom. The minimum Gasteiger partial charge on any atom is -0.396 e. The van der Waals surface area contributed by atoms with E-state index >= 15 is 0 Å². The Morgan fingerprint density at radius 1 is 1.39 bits per heavy atom. The van der Waals surface area contributed by atoms with Crippen molar-refractivity contribution in [1.29, 1.82) is 5.26 Å². The molecule has 18 heavy (non-hydrogen) atoms. The number of hydrogen-bond donors (Lipinski definition) is 2. The summed E-state index contributed by atoms with van der Waals surface area (Å²) in [6.45, 7) is 3.14. The van der Waals surface area contributed by atoms with E-state index in [1.807, 2.05) is 24.3 Å². The molecule has 0 spiro atoms. The van der Waals surface area contributed by atoms with Crippen molar-refractivity contribution in [2.24, 2.45) is 0 Å². The molecule has 1 heterocycles. The molecule has 0 saturated carbocycles. The first kappa shape index (κ1) is 12.9. The van der Waals surface area contributed by atoms with E-state index in [4.69, 9.17) is 10.4 Å². The lowest BCUT2D eigenvalue weighted by atomic mass is 10.1. The van der Waals surface area contributed by atoms with Crippen LogP contribution in [0.2, 0.25) is 0 Å². The number of nitrogens with one attached hydrogen (secondary N) is 1. The second-order valence-electron chi connectivity index (χ2n) is 4.62. The summed E-state index contributed by atoms with van der Waals surface area (Å²) < 4.78 is 0. The SMILES string of the molecule is N#Cc1ccc(N2CCCNC(CCO)C2)cc1. The van der Waals surface area contributed by atoms with Gasteiger partial charge in [-0.3, -0.25) is 0 Å². The van der Waals surface area contributed by atoms with Crippen LogP contribution in [0, 0.1) is 11.3 Å². The van der Waals surface area contributed by atoms with Crippen LogP contribution in [-0.4, -0.2) is 37.4 Å². The lowest BCUT2D eigenvalue weighted by Crippen LogP contribution is -2.38. The van der Waals surface area contributed by atoms with Crippen molar-refractivity contribution in [3.05, 3.63) is 29.8 Å². The van der Waals surface area contributed by atoms with Crippen molar-refractivity contribution < 1.29 is 5.11 Å². The van der Waals surface area contributed by atoms with Crippen LogP contribution in [0.25, 0.3) is 0 Å². The maximum Gasteiger partial charge on any atom is 0.0991 e. The topological polar surface area (TPSA) is 59.3 Å². The number of anilines is 1. The molecule has 96 valence electrons. The second-order valence-corrected chi connectivity index (χ2v) is 4.62. The number of aliphatic hydroxyl groups is 1. The van der Waals surface area contributed by atoms with Gasteiger partial charge in [-0.2, -0.15) is 5.26 Å². The monoisotopic (exact) mass is 245 g/mol. The van der Waals surface area contributed by atoms with Crippen LogP contribution in [0.3, 0.4) is 0 Å². The molecule has 1 fully saturated rings. The average Bonchev–Trinajstić information content (AvgIpc) is 2.65. The van der Waals surface area contributed by atoms with Crippen LogP contribution in [-0.2, 0) is 0 Å². The summed E-state index contributed by atoms with van der Waals surface area (Å²) in [6, 6.07) is 10.2. The molecule has 2 N–H and O–H groups in total. The van der Waals surface area contributed by atoms with E-state index in [1.165, 1.54) is 0 Å². The van der Waals surface area contributed by atoms with Gasteiger partial charge in [0.05, 0.1) is 11.6 Å². The fraction of sp³-hybridized carbons (Fsp3) is 0.500. The van der Waals surface area contributed by atoms with Crippen molar-refractivity contribution in [2.75, 3.05) is 31.1 Å².